The van der Waals surface area contributed by atoms with Crippen LogP contribution < -0.4 is 5.32 Å². The van der Waals surface area contributed by atoms with Crippen LogP contribution in [0.3, 0.4) is 0 Å². The Kier molecular flexibility index (Phi) is 8.34. The van der Waals surface area contributed by atoms with Crippen molar-refractivity contribution >= 4 is 11.8 Å². The van der Waals surface area contributed by atoms with Crippen LogP contribution in [0.4, 0.5) is 0 Å². The molecule has 0 aromatic carbocycles. The number of rotatable bonds is 8. The molecule has 0 bridgehead atoms. The molecule has 1 saturated carbocycles. The lowest BCUT2D eigenvalue weighted by Crippen LogP contribution is -2.35. The molecule has 1 aliphatic rings. The van der Waals surface area contributed by atoms with Gasteiger partial charge in [0.15, 0.2) is 0 Å². The van der Waals surface area contributed by atoms with Crippen molar-refractivity contribution in [1.29, 1.82) is 0 Å². The Balaban J connectivity index is 1.98. The Morgan fingerprint density at radius 1 is 1.19 bits per heavy atom. The minimum absolute atomic E-state index is 0.539. The van der Waals surface area contributed by atoms with Crippen LogP contribution in [0.15, 0.2) is 0 Å². The van der Waals surface area contributed by atoms with Gasteiger partial charge in [0.2, 0.25) is 0 Å². The van der Waals surface area contributed by atoms with E-state index in [-0.39, 0.29) is 0 Å². The fourth-order valence-electron chi connectivity index (χ4n) is 2.20. The quantitative estimate of drug-likeness (QED) is 0.664. The summed E-state index contributed by atoms with van der Waals surface area (Å²) in [5, 5.41) is 3.61. The highest BCUT2D eigenvalue weighted by Crippen LogP contribution is 2.21. The summed E-state index contributed by atoms with van der Waals surface area (Å²) in [6.07, 6.45) is 6.87. The van der Waals surface area contributed by atoms with Crippen LogP contribution >= 0.6 is 11.8 Å². The van der Waals surface area contributed by atoms with Gasteiger partial charge in [-0.25, -0.2) is 0 Å². The van der Waals surface area contributed by atoms with Crippen molar-refractivity contribution in [1.82, 2.24) is 5.32 Å². The maximum Gasteiger partial charge on any atom is 0.0576 e. The van der Waals surface area contributed by atoms with Gasteiger partial charge in [0, 0.05) is 11.8 Å². The molecule has 0 atom stereocenters. The molecule has 0 heterocycles. The summed E-state index contributed by atoms with van der Waals surface area (Å²) in [5.74, 6) is 2.36. The number of hydrogen-bond acceptors (Lipinski definition) is 3. The van der Waals surface area contributed by atoms with Gasteiger partial charge in [0.1, 0.15) is 0 Å². The highest BCUT2D eigenvalue weighted by molar-refractivity contribution is 7.99. The topological polar surface area (TPSA) is 21.3 Å². The predicted octanol–water partition coefficient (Wildman–Crippen LogP) is 3.07. The number of nitrogens with one attached hydrogen (secondary N) is 1. The van der Waals surface area contributed by atoms with Crippen molar-refractivity contribution < 1.29 is 4.74 Å². The van der Waals surface area contributed by atoms with E-state index in [0.717, 1.165) is 18.4 Å². The first-order valence-corrected chi connectivity index (χ1v) is 7.95. The van der Waals surface area contributed by atoms with Gasteiger partial charge < -0.3 is 10.1 Å². The van der Waals surface area contributed by atoms with E-state index in [4.69, 9.17) is 4.74 Å². The van der Waals surface area contributed by atoms with Crippen LogP contribution in [0.1, 0.15) is 46.0 Å². The molecule has 16 heavy (non-hydrogen) atoms. The first-order valence-electron chi connectivity index (χ1n) is 6.79. The lowest BCUT2D eigenvalue weighted by Gasteiger charge is -2.29. The van der Waals surface area contributed by atoms with E-state index in [2.05, 4.69) is 19.2 Å². The summed E-state index contributed by atoms with van der Waals surface area (Å²) in [6.45, 7) is 6.54. The van der Waals surface area contributed by atoms with Gasteiger partial charge in [0.05, 0.1) is 12.7 Å². The van der Waals surface area contributed by atoms with E-state index in [1.54, 1.807) is 0 Å². The number of hydrogen-bond donors (Lipinski definition) is 1. The van der Waals surface area contributed by atoms with Crippen LogP contribution in [0.5, 0.6) is 0 Å². The average Bonchev–Trinajstić information content (AvgIpc) is 2.33. The molecule has 0 amide bonds. The summed E-state index contributed by atoms with van der Waals surface area (Å²) in [5.41, 5.74) is 0. The number of ether oxygens (including phenoxy) is 1. The normalized spacial score (nSPS) is 25.9. The zero-order valence-corrected chi connectivity index (χ0v) is 11.7. The molecule has 3 heteroatoms. The zero-order valence-electron chi connectivity index (χ0n) is 10.8. The fraction of sp³-hybridized carbons (Fsp3) is 1.00. The molecular weight excluding hydrogens is 218 g/mol. The number of thioether (sulfide) groups is 1. The van der Waals surface area contributed by atoms with Crippen molar-refractivity contribution in [3.05, 3.63) is 0 Å². The molecule has 0 unspecified atom stereocenters. The first kappa shape index (κ1) is 14.3. The SMILES string of the molecule is CCCNC1CCC(OCCSCC)CC1. The second-order valence-corrected chi connectivity index (χ2v) is 5.89. The Hall–Kier alpha value is 0.270. The van der Waals surface area contributed by atoms with Gasteiger partial charge in [-0.05, 0) is 44.4 Å². The van der Waals surface area contributed by atoms with Gasteiger partial charge in [-0.15, -0.1) is 0 Å². The van der Waals surface area contributed by atoms with Crippen LogP contribution in [0.25, 0.3) is 0 Å². The van der Waals surface area contributed by atoms with Gasteiger partial charge in [0.25, 0.3) is 0 Å². The predicted molar refractivity (Wildman–Crippen MR) is 73.3 cm³/mol. The molecule has 0 aliphatic heterocycles. The van der Waals surface area contributed by atoms with Crippen LogP contribution in [-0.2, 0) is 4.74 Å². The van der Waals surface area contributed by atoms with Crippen molar-refractivity contribution in [2.75, 3.05) is 24.7 Å². The third-order valence-electron chi connectivity index (χ3n) is 3.14. The summed E-state index contributed by atoms with van der Waals surface area (Å²) < 4.78 is 5.89. The van der Waals surface area contributed by atoms with E-state index in [1.165, 1.54) is 44.4 Å². The van der Waals surface area contributed by atoms with E-state index in [0.29, 0.717) is 6.10 Å². The minimum Gasteiger partial charge on any atom is -0.377 e. The molecule has 0 spiro atoms. The van der Waals surface area contributed by atoms with Crippen LogP contribution in [0, 0.1) is 0 Å². The molecule has 1 N–H and O–H groups in total. The summed E-state index contributed by atoms with van der Waals surface area (Å²) >= 11 is 1.97. The lowest BCUT2D eigenvalue weighted by atomic mass is 9.93. The van der Waals surface area contributed by atoms with Crippen LogP contribution in [0.2, 0.25) is 0 Å². The molecule has 96 valence electrons. The summed E-state index contributed by atoms with van der Waals surface area (Å²) in [6, 6.07) is 0.754. The molecule has 0 aromatic rings. The summed E-state index contributed by atoms with van der Waals surface area (Å²) in [7, 11) is 0. The molecule has 2 nitrogen and oxygen atoms in total. The van der Waals surface area contributed by atoms with Gasteiger partial charge in [-0.1, -0.05) is 13.8 Å². The molecule has 0 aromatic heterocycles. The first-order chi connectivity index (χ1) is 7.86. The van der Waals surface area contributed by atoms with E-state index >= 15 is 0 Å². The third kappa shape index (κ3) is 6.12. The maximum atomic E-state index is 5.89. The van der Waals surface area contributed by atoms with Gasteiger partial charge in [-0.2, -0.15) is 11.8 Å². The standard InChI is InChI=1S/C13H27NOS/c1-3-9-14-12-5-7-13(8-6-12)15-10-11-16-4-2/h12-14H,3-11H2,1-2H3. The van der Waals surface area contributed by atoms with Crippen LogP contribution in [-0.4, -0.2) is 36.8 Å². The molecular formula is C13H27NOS. The minimum atomic E-state index is 0.539. The van der Waals surface area contributed by atoms with E-state index < -0.39 is 0 Å². The van der Waals surface area contributed by atoms with E-state index in [1.807, 2.05) is 11.8 Å². The third-order valence-corrected chi connectivity index (χ3v) is 4.01. The summed E-state index contributed by atoms with van der Waals surface area (Å²) in [4.78, 5) is 0. The van der Waals surface area contributed by atoms with Crippen molar-refractivity contribution in [2.24, 2.45) is 0 Å². The Bertz CT molecular complexity index is 158. The Morgan fingerprint density at radius 2 is 1.94 bits per heavy atom. The molecule has 1 aliphatic carbocycles. The van der Waals surface area contributed by atoms with Gasteiger partial charge >= 0.3 is 0 Å². The van der Waals surface area contributed by atoms with Crippen molar-refractivity contribution in [3.8, 4) is 0 Å². The van der Waals surface area contributed by atoms with Crippen molar-refractivity contribution in [2.45, 2.75) is 58.1 Å². The molecule has 1 rings (SSSR count). The zero-order chi connectivity index (χ0) is 11.6. The monoisotopic (exact) mass is 245 g/mol. The van der Waals surface area contributed by atoms with Gasteiger partial charge in [-0.3, -0.25) is 0 Å². The molecule has 0 radical (unpaired) electrons. The molecule has 0 saturated heterocycles. The largest absolute Gasteiger partial charge is 0.377 e. The van der Waals surface area contributed by atoms with Crippen molar-refractivity contribution in [3.63, 3.8) is 0 Å². The highest BCUT2D eigenvalue weighted by atomic mass is 32.2. The highest BCUT2D eigenvalue weighted by Gasteiger charge is 2.20. The second-order valence-electron chi connectivity index (χ2n) is 4.50. The van der Waals surface area contributed by atoms with E-state index in [9.17, 15) is 0 Å². The fourth-order valence-corrected chi connectivity index (χ4v) is 2.70. The lowest BCUT2D eigenvalue weighted by molar-refractivity contribution is 0.0320. The molecule has 1 fully saturated rings. The second kappa shape index (κ2) is 9.32. The maximum absolute atomic E-state index is 5.89. The Morgan fingerprint density at radius 3 is 2.56 bits per heavy atom. The Labute approximate surface area is 105 Å². The smallest absolute Gasteiger partial charge is 0.0576 e. The average molecular weight is 245 g/mol.